The third-order valence-corrected chi connectivity index (χ3v) is 4.10. The van der Waals surface area contributed by atoms with E-state index in [2.05, 4.69) is 0 Å². The molecule has 1 aromatic rings. The molecule has 0 heterocycles. The lowest BCUT2D eigenvalue weighted by molar-refractivity contribution is -0.143. The van der Waals surface area contributed by atoms with Gasteiger partial charge in [0.2, 0.25) is 0 Å². The van der Waals surface area contributed by atoms with Gasteiger partial charge in [-0.1, -0.05) is 43.2 Å². The first-order valence-electron chi connectivity index (χ1n) is 7.30. The van der Waals surface area contributed by atoms with Crippen LogP contribution in [0.4, 0.5) is 0 Å². The van der Waals surface area contributed by atoms with Crippen molar-refractivity contribution in [3.05, 3.63) is 35.9 Å². The Kier molecular flexibility index (Phi) is 5.33. The molecule has 21 heavy (non-hydrogen) atoms. The predicted octanol–water partition coefficient (Wildman–Crippen LogP) is 2.18. The number of carboxylic acids is 2. The molecule has 1 aromatic carbocycles. The van der Waals surface area contributed by atoms with Gasteiger partial charge in [0.1, 0.15) is 0 Å². The molecular formula is C16H21NO4. The van der Waals surface area contributed by atoms with Gasteiger partial charge in [-0.15, -0.1) is 0 Å². The minimum Gasteiger partial charge on any atom is -0.480 e. The highest BCUT2D eigenvalue weighted by Crippen LogP contribution is 2.36. The number of rotatable bonds is 6. The minimum atomic E-state index is -0.978. The van der Waals surface area contributed by atoms with E-state index in [1.54, 1.807) is 4.90 Å². The number of carbonyl (C=O) groups is 2. The van der Waals surface area contributed by atoms with E-state index in [9.17, 15) is 9.59 Å². The van der Waals surface area contributed by atoms with Gasteiger partial charge in [0, 0.05) is 6.04 Å². The number of nitrogens with zero attached hydrogens (tertiary/aromatic N) is 1. The molecule has 1 fully saturated rings. The van der Waals surface area contributed by atoms with Crippen LogP contribution in [0.3, 0.4) is 0 Å². The molecule has 2 N–H and O–H groups in total. The largest absolute Gasteiger partial charge is 0.480 e. The van der Waals surface area contributed by atoms with Gasteiger partial charge in [0.25, 0.3) is 0 Å². The molecule has 0 amide bonds. The third kappa shape index (κ3) is 4.29. The van der Waals surface area contributed by atoms with Crippen LogP contribution >= 0.6 is 0 Å². The van der Waals surface area contributed by atoms with Crippen molar-refractivity contribution in [1.29, 1.82) is 0 Å². The molecule has 0 aromatic heterocycles. The second-order valence-corrected chi connectivity index (χ2v) is 5.56. The van der Waals surface area contributed by atoms with Crippen molar-refractivity contribution in [1.82, 2.24) is 4.90 Å². The van der Waals surface area contributed by atoms with E-state index in [1.807, 2.05) is 30.3 Å². The van der Waals surface area contributed by atoms with Gasteiger partial charge in [-0.25, -0.2) is 0 Å². The van der Waals surface area contributed by atoms with Crippen LogP contribution in [-0.4, -0.2) is 46.2 Å². The monoisotopic (exact) mass is 291 g/mol. The van der Waals surface area contributed by atoms with Crippen molar-refractivity contribution in [2.75, 3.05) is 13.1 Å². The quantitative estimate of drug-likeness (QED) is 0.840. The van der Waals surface area contributed by atoms with Gasteiger partial charge in [-0.05, 0) is 24.3 Å². The third-order valence-electron chi connectivity index (χ3n) is 4.10. The highest BCUT2D eigenvalue weighted by Gasteiger charge is 2.33. The highest BCUT2D eigenvalue weighted by molar-refractivity contribution is 5.72. The van der Waals surface area contributed by atoms with Gasteiger partial charge in [0.05, 0.1) is 13.1 Å². The second-order valence-electron chi connectivity index (χ2n) is 5.56. The number of hydrogen-bond donors (Lipinski definition) is 2. The normalized spacial score (nSPS) is 22.1. The Hall–Kier alpha value is -1.88. The van der Waals surface area contributed by atoms with Gasteiger partial charge in [-0.2, -0.15) is 0 Å². The van der Waals surface area contributed by atoms with E-state index in [4.69, 9.17) is 10.2 Å². The first-order chi connectivity index (χ1) is 10.1. The predicted molar refractivity (Wildman–Crippen MR) is 78.3 cm³/mol. The molecule has 0 spiro atoms. The van der Waals surface area contributed by atoms with Crippen LogP contribution in [0.25, 0.3) is 0 Å². The Morgan fingerprint density at radius 3 is 2.14 bits per heavy atom. The van der Waals surface area contributed by atoms with Crippen molar-refractivity contribution in [3.63, 3.8) is 0 Å². The van der Waals surface area contributed by atoms with Crippen LogP contribution in [-0.2, 0) is 9.59 Å². The smallest absolute Gasteiger partial charge is 0.317 e. The van der Waals surface area contributed by atoms with E-state index in [1.165, 1.54) is 5.56 Å². The van der Waals surface area contributed by atoms with Crippen LogP contribution in [0.5, 0.6) is 0 Å². The standard InChI is InChI=1S/C16H21NO4/c18-15(19)10-17(11-16(20)21)14-9-5-4-8-13(14)12-6-2-1-3-7-12/h1-3,6-7,13-14H,4-5,8-11H2,(H,18,19)(H,20,21). The molecule has 2 unspecified atom stereocenters. The maximum absolute atomic E-state index is 11.0. The van der Waals surface area contributed by atoms with Crippen LogP contribution in [0.2, 0.25) is 0 Å². The van der Waals surface area contributed by atoms with Crippen molar-refractivity contribution in [2.45, 2.75) is 37.6 Å². The van der Waals surface area contributed by atoms with Gasteiger partial charge >= 0.3 is 11.9 Å². The maximum Gasteiger partial charge on any atom is 0.317 e. The Morgan fingerprint density at radius 1 is 1.00 bits per heavy atom. The van der Waals surface area contributed by atoms with E-state index >= 15 is 0 Å². The van der Waals surface area contributed by atoms with Gasteiger partial charge in [0.15, 0.2) is 0 Å². The molecular weight excluding hydrogens is 270 g/mol. The minimum absolute atomic E-state index is 0.0200. The average Bonchev–Trinajstić information content (AvgIpc) is 2.46. The van der Waals surface area contributed by atoms with E-state index in [0.29, 0.717) is 0 Å². The Labute approximate surface area is 124 Å². The molecule has 1 aliphatic carbocycles. The van der Waals surface area contributed by atoms with E-state index in [0.717, 1.165) is 25.7 Å². The van der Waals surface area contributed by atoms with Crippen LogP contribution in [0.15, 0.2) is 30.3 Å². The molecule has 2 rings (SSSR count). The summed E-state index contributed by atoms with van der Waals surface area (Å²) in [6.45, 7) is -0.444. The first-order valence-corrected chi connectivity index (χ1v) is 7.30. The highest BCUT2D eigenvalue weighted by atomic mass is 16.4. The average molecular weight is 291 g/mol. The van der Waals surface area contributed by atoms with Crippen molar-refractivity contribution < 1.29 is 19.8 Å². The van der Waals surface area contributed by atoms with Crippen LogP contribution < -0.4 is 0 Å². The van der Waals surface area contributed by atoms with E-state index < -0.39 is 11.9 Å². The summed E-state index contributed by atoms with van der Waals surface area (Å²) in [6, 6.07) is 9.96. The molecule has 0 radical (unpaired) electrons. The zero-order valence-electron chi connectivity index (χ0n) is 11.9. The summed E-state index contributed by atoms with van der Waals surface area (Å²) >= 11 is 0. The molecule has 5 heteroatoms. The molecule has 0 bridgehead atoms. The van der Waals surface area contributed by atoms with Crippen molar-refractivity contribution in [2.24, 2.45) is 0 Å². The number of carboxylic acid groups (broad SMARTS) is 2. The number of benzene rings is 1. The molecule has 0 saturated heterocycles. The molecule has 1 saturated carbocycles. The van der Waals surface area contributed by atoms with Gasteiger partial charge < -0.3 is 10.2 Å². The molecule has 1 aliphatic rings. The molecule has 0 aliphatic heterocycles. The molecule has 5 nitrogen and oxygen atoms in total. The fourth-order valence-electron chi connectivity index (χ4n) is 3.28. The van der Waals surface area contributed by atoms with Gasteiger partial charge in [-0.3, -0.25) is 14.5 Å². The Morgan fingerprint density at radius 2 is 1.57 bits per heavy atom. The lowest BCUT2D eigenvalue weighted by atomic mass is 9.79. The lowest BCUT2D eigenvalue weighted by Gasteiger charge is -2.39. The summed E-state index contributed by atoms with van der Waals surface area (Å²) in [7, 11) is 0. The Balaban J connectivity index is 2.22. The molecule has 2 atom stereocenters. The SMILES string of the molecule is O=C(O)CN(CC(=O)O)C1CCCCC1c1ccccc1. The summed E-state index contributed by atoms with van der Waals surface area (Å²) in [6.07, 6.45) is 3.94. The summed E-state index contributed by atoms with van der Waals surface area (Å²) < 4.78 is 0. The zero-order chi connectivity index (χ0) is 15.2. The molecule has 114 valence electrons. The number of aliphatic carboxylic acids is 2. The zero-order valence-corrected chi connectivity index (χ0v) is 11.9. The fourth-order valence-corrected chi connectivity index (χ4v) is 3.28. The second kappa shape index (κ2) is 7.22. The summed E-state index contributed by atoms with van der Waals surface area (Å²) in [5.74, 6) is -1.75. The van der Waals surface area contributed by atoms with Crippen molar-refractivity contribution >= 4 is 11.9 Å². The van der Waals surface area contributed by atoms with E-state index in [-0.39, 0.29) is 25.0 Å². The Bertz CT molecular complexity index is 472. The van der Waals surface area contributed by atoms with Crippen LogP contribution in [0.1, 0.15) is 37.2 Å². The summed E-state index contributed by atoms with van der Waals surface area (Å²) in [4.78, 5) is 23.7. The number of hydrogen-bond acceptors (Lipinski definition) is 3. The first kappa shape index (κ1) is 15.5. The van der Waals surface area contributed by atoms with Crippen LogP contribution in [0, 0.1) is 0 Å². The lowest BCUT2D eigenvalue weighted by Crippen LogP contribution is -2.46. The summed E-state index contributed by atoms with van der Waals surface area (Å²) in [5, 5.41) is 18.1. The topological polar surface area (TPSA) is 77.8 Å². The maximum atomic E-state index is 11.0. The fraction of sp³-hybridized carbons (Fsp3) is 0.500. The summed E-state index contributed by atoms with van der Waals surface area (Å²) in [5.41, 5.74) is 1.17. The van der Waals surface area contributed by atoms with Crippen molar-refractivity contribution in [3.8, 4) is 0 Å².